The van der Waals surface area contributed by atoms with Gasteiger partial charge in [-0.2, -0.15) is 0 Å². The third-order valence-electron chi connectivity index (χ3n) is 4.95. The van der Waals surface area contributed by atoms with Gasteiger partial charge in [0.1, 0.15) is 5.75 Å². The number of pyridine rings is 1. The van der Waals surface area contributed by atoms with Crippen molar-refractivity contribution >= 4 is 28.4 Å². The molecule has 8 heteroatoms. The van der Waals surface area contributed by atoms with Crippen molar-refractivity contribution in [2.24, 2.45) is 0 Å². The molecule has 0 unspecified atom stereocenters. The molecule has 7 nitrogen and oxygen atoms in total. The van der Waals surface area contributed by atoms with Gasteiger partial charge in [-0.25, -0.2) is 9.78 Å². The van der Waals surface area contributed by atoms with Crippen LogP contribution in [-0.4, -0.2) is 27.0 Å². The quantitative estimate of drug-likeness (QED) is 0.434. The van der Waals surface area contributed by atoms with E-state index in [0.717, 1.165) is 10.1 Å². The third kappa shape index (κ3) is 4.13. The van der Waals surface area contributed by atoms with E-state index in [9.17, 15) is 14.4 Å². The highest BCUT2D eigenvalue weighted by atomic mass is 35.5. The van der Waals surface area contributed by atoms with E-state index in [2.05, 4.69) is 4.98 Å². The number of hydrogen-bond donors (Lipinski definition) is 0. The molecule has 0 aliphatic rings. The van der Waals surface area contributed by atoms with Gasteiger partial charge in [-0.15, -0.1) is 0 Å². The molecule has 0 N–H and O–H groups in total. The molecule has 0 saturated heterocycles. The Morgan fingerprint density at radius 2 is 1.71 bits per heavy atom. The van der Waals surface area contributed by atoms with Gasteiger partial charge in [0.05, 0.1) is 25.7 Å². The molecule has 0 bridgehead atoms. The molecule has 2 aromatic heterocycles. The molecular formula is C23H18ClN3O4. The Bertz CT molecular complexity index is 1370. The van der Waals surface area contributed by atoms with Crippen LogP contribution in [0.15, 0.2) is 76.4 Å². The maximum atomic E-state index is 13.3. The average Bonchev–Trinajstić information content (AvgIpc) is 2.80. The monoisotopic (exact) mass is 435 g/mol. The fourth-order valence-electron chi connectivity index (χ4n) is 3.32. The van der Waals surface area contributed by atoms with Crippen LogP contribution in [0.5, 0.6) is 5.75 Å². The lowest BCUT2D eigenvalue weighted by atomic mass is 10.1. The Labute approximate surface area is 182 Å². The van der Waals surface area contributed by atoms with Gasteiger partial charge in [0.2, 0.25) is 0 Å². The SMILES string of the molecule is COc1ccc(Cn2c(=O)c3ncccc3n(CC(=O)c3ccc(Cl)cc3)c2=O)cc1. The normalized spacial score (nSPS) is 10.9. The van der Waals surface area contributed by atoms with Crippen LogP contribution in [0.2, 0.25) is 5.02 Å². The number of Topliss-reactive ketones (excluding diaryl/α,β-unsaturated/α-hetero) is 1. The molecule has 0 fully saturated rings. The predicted molar refractivity (Wildman–Crippen MR) is 118 cm³/mol. The second-order valence-corrected chi connectivity index (χ2v) is 7.35. The molecule has 0 saturated carbocycles. The topological polar surface area (TPSA) is 83.2 Å². The van der Waals surface area contributed by atoms with Gasteiger partial charge >= 0.3 is 5.69 Å². The van der Waals surface area contributed by atoms with E-state index >= 15 is 0 Å². The molecule has 4 aromatic rings. The Hall–Kier alpha value is -3.71. The van der Waals surface area contributed by atoms with Crippen LogP contribution in [-0.2, 0) is 13.1 Å². The molecule has 31 heavy (non-hydrogen) atoms. The first-order valence-electron chi connectivity index (χ1n) is 9.48. The standard InChI is InChI=1S/C23H18ClN3O4/c1-31-18-10-4-15(5-11-18)13-27-22(29)21-19(3-2-12-25-21)26(23(27)30)14-20(28)16-6-8-17(24)9-7-16/h2-12H,13-14H2,1H3. The number of rotatable bonds is 6. The van der Waals surface area contributed by atoms with E-state index in [1.165, 1.54) is 10.8 Å². The number of ketones is 1. The van der Waals surface area contributed by atoms with Gasteiger partial charge in [-0.1, -0.05) is 23.7 Å². The molecule has 0 spiro atoms. The highest BCUT2D eigenvalue weighted by Crippen LogP contribution is 2.13. The summed E-state index contributed by atoms with van der Waals surface area (Å²) in [5.74, 6) is 0.390. The number of carbonyl (C=O) groups is 1. The summed E-state index contributed by atoms with van der Waals surface area (Å²) in [7, 11) is 1.56. The van der Waals surface area contributed by atoms with E-state index in [4.69, 9.17) is 16.3 Å². The highest BCUT2D eigenvalue weighted by molar-refractivity contribution is 6.30. The van der Waals surface area contributed by atoms with Crippen molar-refractivity contribution in [2.75, 3.05) is 7.11 Å². The lowest BCUT2D eigenvalue weighted by molar-refractivity contribution is 0.0971. The molecule has 4 rings (SSSR count). The van der Waals surface area contributed by atoms with Gasteiger partial charge < -0.3 is 4.74 Å². The zero-order chi connectivity index (χ0) is 22.0. The minimum absolute atomic E-state index is 0.0450. The predicted octanol–water partition coefficient (Wildman–Crippen LogP) is 3.15. The fourth-order valence-corrected chi connectivity index (χ4v) is 3.45. The molecule has 2 aromatic carbocycles. The summed E-state index contributed by atoms with van der Waals surface area (Å²) in [5.41, 5.74) is 0.507. The van der Waals surface area contributed by atoms with Crippen LogP contribution >= 0.6 is 11.6 Å². The summed E-state index contributed by atoms with van der Waals surface area (Å²) >= 11 is 5.89. The first-order valence-corrected chi connectivity index (χ1v) is 9.86. The van der Waals surface area contributed by atoms with E-state index < -0.39 is 11.2 Å². The van der Waals surface area contributed by atoms with Crippen molar-refractivity contribution in [1.29, 1.82) is 0 Å². The lowest BCUT2D eigenvalue weighted by Gasteiger charge is -2.13. The van der Waals surface area contributed by atoms with Crippen molar-refractivity contribution in [3.05, 3.63) is 104 Å². The first-order chi connectivity index (χ1) is 15.0. The Morgan fingerprint density at radius 1 is 1.00 bits per heavy atom. The summed E-state index contributed by atoms with van der Waals surface area (Å²) in [6.45, 7) is -0.186. The maximum Gasteiger partial charge on any atom is 0.332 e. The number of benzene rings is 2. The highest BCUT2D eigenvalue weighted by Gasteiger charge is 2.17. The van der Waals surface area contributed by atoms with Crippen molar-refractivity contribution in [3.63, 3.8) is 0 Å². The molecular weight excluding hydrogens is 418 g/mol. The van der Waals surface area contributed by atoms with E-state index in [0.29, 0.717) is 21.9 Å². The number of hydrogen-bond acceptors (Lipinski definition) is 5. The van der Waals surface area contributed by atoms with Crippen LogP contribution in [0.3, 0.4) is 0 Å². The van der Waals surface area contributed by atoms with Crippen LogP contribution in [0.1, 0.15) is 15.9 Å². The molecule has 0 radical (unpaired) electrons. The number of ether oxygens (including phenoxy) is 1. The molecule has 2 heterocycles. The third-order valence-corrected chi connectivity index (χ3v) is 5.21. The number of fused-ring (bicyclic) bond motifs is 1. The average molecular weight is 436 g/mol. The van der Waals surface area contributed by atoms with E-state index in [1.807, 2.05) is 0 Å². The zero-order valence-electron chi connectivity index (χ0n) is 16.6. The summed E-state index contributed by atoms with van der Waals surface area (Å²) in [5, 5.41) is 0.511. The minimum atomic E-state index is -0.580. The molecule has 0 aliphatic carbocycles. The van der Waals surface area contributed by atoms with Crippen molar-refractivity contribution in [1.82, 2.24) is 14.1 Å². The van der Waals surface area contributed by atoms with Gasteiger partial charge in [0.25, 0.3) is 5.56 Å². The Morgan fingerprint density at radius 3 is 2.39 bits per heavy atom. The summed E-state index contributed by atoms with van der Waals surface area (Å²) < 4.78 is 7.52. The second kappa shape index (κ2) is 8.57. The zero-order valence-corrected chi connectivity index (χ0v) is 17.4. The van der Waals surface area contributed by atoms with Crippen LogP contribution in [0.25, 0.3) is 11.0 Å². The van der Waals surface area contributed by atoms with Crippen LogP contribution in [0, 0.1) is 0 Å². The summed E-state index contributed by atoms with van der Waals surface area (Å²) in [4.78, 5) is 43.2. The molecule has 0 aliphatic heterocycles. The maximum absolute atomic E-state index is 13.3. The largest absolute Gasteiger partial charge is 0.497 e. The minimum Gasteiger partial charge on any atom is -0.497 e. The van der Waals surface area contributed by atoms with Crippen molar-refractivity contribution in [3.8, 4) is 5.75 Å². The smallest absolute Gasteiger partial charge is 0.332 e. The van der Waals surface area contributed by atoms with Gasteiger partial charge in [0.15, 0.2) is 11.3 Å². The number of methoxy groups -OCH3 is 1. The van der Waals surface area contributed by atoms with Gasteiger partial charge in [-0.05, 0) is 54.1 Å². The van der Waals surface area contributed by atoms with Gasteiger partial charge in [0, 0.05) is 16.8 Å². The molecule has 0 atom stereocenters. The van der Waals surface area contributed by atoms with E-state index in [-0.39, 0.29) is 24.4 Å². The number of carbonyl (C=O) groups excluding carboxylic acids is 1. The van der Waals surface area contributed by atoms with Crippen LogP contribution in [0.4, 0.5) is 0 Å². The first kappa shape index (κ1) is 20.6. The second-order valence-electron chi connectivity index (χ2n) is 6.91. The number of halogens is 1. The lowest BCUT2D eigenvalue weighted by Crippen LogP contribution is -2.41. The fraction of sp³-hybridized carbons (Fsp3) is 0.130. The van der Waals surface area contributed by atoms with Gasteiger partial charge in [-0.3, -0.25) is 18.7 Å². The Balaban J connectivity index is 1.80. The Kier molecular flexibility index (Phi) is 5.68. The summed E-state index contributed by atoms with van der Waals surface area (Å²) in [6.07, 6.45) is 1.48. The van der Waals surface area contributed by atoms with Crippen molar-refractivity contribution in [2.45, 2.75) is 13.1 Å². The molecule has 156 valence electrons. The van der Waals surface area contributed by atoms with E-state index in [1.54, 1.807) is 67.8 Å². The van der Waals surface area contributed by atoms with Crippen LogP contribution < -0.4 is 16.0 Å². The number of nitrogens with zero attached hydrogens (tertiary/aromatic N) is 3. The molecule has 0 amide bonds. The van der Waals surface area contributed by atoms with Crippen molar-refractivity contribution < 1.29 is 9.53 Å². The summed E-state index contributed by atoms with van der Waals surface area (Å²) in [6, 6.07) is 16.7. The number of aromatic nitrogens is 3.